The fourth-order valence-electron chi connectivity index (χ4n) is 2.82. The van der Waals surface area contributed by atoms with E-state index in [2.05, 4.69) is 10.3 Å². The molecule has 0 spiro atoms. The zero-order valence-corrected chi connectivity index (χ0v) is 15.4. The molecular weight excluding hydrogens is 382 g/mol. The second kappa shape index (κ2) is 6.90. The molecule has 0 unspecified atom stereocenters. The first kappa shape index (κ1) is 17.3. The Morgan fingerprint density at radius 3 is 2.59 bits per heavy atom. The van der Waals surface area contributed by atoms with Gasteiger partial charge in [-0.05, 0) is 60.3 Å². The lowest BCUT2D eigenvalue weighted by molar-refractivity contribution is -0.122. The van der Waals surface area contributed by atoms with Crippen molar-refractivity contribution < 1.29 is 9.59 Å². The molecule has 0 aliphatic carbocycles. The van der Waals surface area contributed by atoms with Crippen LogP contribution in [0.25, 0.3) is 17.0 Å². The molecule has 2 amide bonds. The van der Waals surface area contributed by atoms with Crippen molar-refractivity contribution in [3.63, 3.8) is 0 Å². The quantitative estimate of drug-likeness (QED) is 0.409. The van der Waals surface area contributed by atoms with Crippen molar-refractivity contribution in [2.45, 2.75) is 0 Å². The van der Waals surface area contributed by atoms with Gasteiger partial charge in [0, 0.05) is 16.6 Å². The van der Waals surface area contributed by atoms with Crippen molar-refractivity contribution in [2.75, 3.05) is 4.90 Å². The molecule has 1 fully saturated rings. The summed E-state index contributed by atoms with van der Waals surface area (Å²) in [5.41, 5.74) is 1.99. The number of fused-ring (bicyclic) bond motifs is 1. The molecule has 3 aromatic rings. The maximum absolute atomic E-state index is 13.0. The lowest BCUT2D eigenvalue weighted by Gasteiger charge is -2.28. The molecule has 2 aromatic carbocycles. The molecule has 0 radical (unpaired) electrons. The van der Waals surface area contributed by atoms with Crippen molar-refractivity contribution in [1.82, 2.24) is 10.3 Å². The predicted octanol–water partition coefficient (Wildman–Crippen LogP) is 3.72. The van der Waals surface area contributed by atoms with Crippen LogP contribution in [0.4, 0.5) is 5.69 Å². The van der Waals surface area contributed by atoms with E-state index in [-0.39, 0.29) is 10.7 Å². The predicted molar refractivity (Wildman–Crippen MR) is 109 cm³/mol. The molecular formula is C20H12ClN3O2S. The SMILES string of the molecule is O=C1NC(=S)N(c2ccc(Cl)cc2)C(=O)C1=Cc1cnc2ccccc2c1. The number of rotatable bonds is 2. The van der Waals surface area contributed by atoms with Crippen LogP contribution in [0.3, 0.4) is 0 Å². The molecule has 1 aliphatic heterocycles. The van der Waals surface area contributed by atoms with E-state index in [1.807, 2.05) is 30.3 Å². The summed E-state index contributed by atoms with van der Waals surface area (Å²) in [6.45, 7) is 0. The van der Waals surface area contributed by atoms with Crippen LogP contribution in [0.15, 0.2) is 66.4 Å². The molecule has 4 rings (SSSR count). The molecule has 1 saturated heterocycles. The number of halogens is 1. The van der Waals surface area contributed by atoms with Gasteiger partial charge in [-0.1, -0.05) is 29.8 Å². The van der Waals surface area contributed by atoms with E-state index in [0.29, 0.717) is 16.3 Å². The summed E-state index contributed by atoms with van der Waals surface area (Å²) in [6, 6.07) is 16.1. The molecule has 5 nitrogen and oxygen atoms in total. The molecule has 7 heteroatoms. The Hall–Kier alpha value is -3.09. The summed E-state index contributed by atoms with van der Waals surface area (Å²) in [4.78, 5) is 30.9. The Balaban J connectivity index is 1.74. The monoisotopic (exact) mass is 393 g/mol. The van der Waals surface area contributed by atoms with Crippen molar-refractivity contribution in [2.24, 2.45) is 0 Å². The highest BCUT2D eigenvalue weighted by molar-refractivity contribution is 7.80. The number of nitrogens with zero attached hydrogens (tertiary/aromatic N) is 2. The molecule has 27 heavy (non-hydrogen) atoms. The molecule has 1 aliphatic rings. The summed E-state index contributed by atoms with van der Waals surface area (Å²) >= 11 is 11.1. The number of amides is 2. The van der Waals surface area contributed by atoms with Gasteiger partial charge in [-0.15, -0.1) is 0 Å². The van der Waals surface area contributed by atoms with Crippen LogP contribution in [-0.4, -0.2) is 21.9 Å². The molecule has 2 heterocycles. The van der Waals surface area contributed by atoms with Gasteiger partial charge in [-0.3, -0.25) is 24.8 Å². The largest absolute Gasteiger partial charge is 0.298 e. The summed E-state index contributed by atoms with van der Waals surface area (Å²) in [5.74, 6) is -1.04. The summed E-state index contributed by atoms with van der Waals surface area (Å²) in [7, 11) is 0. The van der Waals surface area contributed by atoms with Gasteiger partial charge in [0.1, 0.15) is 5.57 Å². The highest BCUT2D eigenvalue weighted by Crippen LogP contribution is 2.24. The average Bonchev–Trinajstić information content (AvgIpc) is 2.66. The van der Waals surface area contributed by atoms with Crippen LogP contribution in [0, 0.1) is 0 Å². The Bertz CT molecular complexity index is 1130. The number of nitrogens with one attached hydrogen (secondary N) is 1. The van der Waals surface area contributed by atoms with Gasteiger partial charge in [0.15, 0.2) is 5.11 Å². The highest BCUT2D eigenvalue weighted by atomic mass is 35.5. The van der Waals surface area contributed by atoms with E-state index in [1.54, 1.807) is 30.5 Å². The zero-order chi connectivity index (χ0) is 19.0. The van der Waals surface area contributed by atoms with E-state index in [9.17, 15) is 9.59 Å². The average molecular weight is 394 g/mol. The summed E-state index contributed by atoms with van der Waals surface area (Å²) < 4.78 is 0. The minimum atomic E-state index is -0.539. The minimum Gasteiger partial charge on any atom is -0.298 e. The Kier molecular flexibility index (Phi) is 4.43. The van der Waals surface area contributed by atoms with E-state index in [4.69, 9.17) is 23.8 Å². The van der Waals surface area contributed by atoms with Crippen LogP contribution in [0.2, 0.25) is 5.02 Å². The first-order valence-electron chi connectivity index (χ1n) is 8.05. The van der Waals surface area contributed by atoms with E-state index in [0.717, 1.165) is 10.9 Å². The number of aromatic nitrogens is 1. The van der Waals surface area contributed by atoms with Crippen LogP contribution in [-0.2, 0) is 9.59 Å². The Labute approximate surface area is 165 Å². The molecule has 1 aromatic heterocycles. The van der Waals surface area contributed by atoms with Crippen molar-refractivity contribution in [3.8, 4) is 0 Å². The number of hydrogen-bond acceptors (Lipinski definition) is 4. The molecule has 0 atom stereocenters. The van der Waals surface area contributed by atoms with Crippen LogP contribution in [0.5, 0.6) is 0 Å². The first-order chi connectivity index (χ1) is 13.0. The topological polar surface area (TPSA) is 62.3 Å². The fourth-order valence-corrected chi connectivity index (χ4v) is 3.22. The lowest BCUT2D eigenvalue weighted by atomic mass is 10.1. The third-order valence-corrected chi connectivity index (χ3v) is 4.65. The van der Waals surface area contributed by atoms with Gasteiger partial charge in [-0.2, -0.15) is 0 Å². The van der Waals surface area contributed by atoms with Gasteiger partial charge in [-0.25, -0.2) is 0 Å². The van der Waals surface area contributed by atoms with E-state index >= 15 is 0 Å². The maximum atomic E-state index is 13.0. The third kappa shape index (κ3) is 3.32. The number of anilines is 1. The normalized spacial score (nSPS) is 16.1. The number of benzene rings is 2. The van der Waals surface area contributed by atoms with E-state index in [1.165, 1.54) is 11.0 Å². The van der Waals surface area contributed by atoms with Crippen molar-refractivity contribution >= 4 is 63.4 Å². The number of carbonyl (C=O) groups excluding carboxylic acids is 2. The van der Waals surface area contributed by atoms with Crippen LogP contribution >= 0.6 is 23.8 Å². The van der Waals surface area contributed by atoms with Gasteiger partial charge >= 0.3 is 0 Å². The number of pyridine rings is 1. The molecule has 0 saturated carbocycles. The van der Waals surface area contributed by atoms with Gasteiger partial charge in [0.2, 0.25) is 0 Å². The lowest BCUT2D eigenvalue weighted by Crippen LogP contribution is -2.54. The standard InChI is InChI=1S/C20H12ClN3O2S/c21-14-5-7-15(8-6-14)24-19(26)16(18(25)23-20(24)27)10-12-9-13-3-1-2-4-17(13)22-11-12/h1-11H,(H,23,25,27). The van der Waals surface area contributed by atoms with Crippen molar-refractivity contribution in [1.29, 1.82) is 0 Å². The highest BCUT2D eigenvalue weighted by Gasteiger charge is 2.34. The van der Waals surface area contributed by atoms with Gasteiger partial charge < -0.3 is 0 Å². The van der Waals surface area contributed by atoms with Gasteiger partial charge in [0.05, 0.1) is 11.2 Å². The summed E-state index contributed by atoms with van der Waals surface area (Å²) in [5, 5.41) is 4.04. The molecule has 1 N–H and O–H groups in total. The molecule has 0 bridgehead atoms. The Morgan fingerprint density at radius 1 is 1.07 bits per heavy atom. The summed E-state index contributed by atoms with van der Waals surface area (Å²) in [6.07, 6.45) is 3.14. The molecule has 132 valence electrons. The minimum absolute atomic E-state index is 0.0179. The van der Waals surface area contributed by atoms with Crippen LogP contribution in [0.1, 0.15) is 5.56 Å². The second-order valence-corrected chi connectivity index (χ2v) is 6.72. The second-order valence-electron chi connectivity index (χ2n) is 5.90. The van der Waals surface area contributed by atoms with Crippen molar-refractivity contribution in [3.05, 3.63) is 77.0 Å². The number of hydrogen-bond donors (Lipinski definition) is 1. The van der Waals surface area contributed by atoms with Crippen LogP contribution < -0.4 is 10.2 Å². The first-order valence-corrected chi connectivity index (χ1v) is 8.83. The maximum Gasteiger partial charge on any atom is 0.270 e. The number of carbonyl (C=O) groups is 2. The zero-order valence-electron chi connectivity index (χ0n) is 13.8. The smallest absolute Gasteiger partial charge is 0.270 e. The van der Waals surface area contributed by atoms with Gasteiger partial charge in [0.25, 0.3) is 11.8 Å². The third-order valence-electron chi connectivity index (χ3n) is 4.11. The number of para-hydroxylation sites is 1. The van der Waals surface area contributed by atoms with E-state index < -0.39 is 11.8 Å². The Morgan fingerprint density at radius 2 is 1.81 bits per heavy atom. The number of thiocarbonyl (C=S) groups is 1. The fraction of sp³-hybridized carbons (Fsp3) is 0.